The van der Waals surface area contributed by atoms with E-state index < -0.39 is 11.9 Å². The van der Waals surface area contributed by atoms with E-state index in [0.29, 0.717) is 11.3 Å². The summed E-state index contributed by atoms with van der Waals surface area (Å²) in [5.41, 5.74) is 8.95. The van der Waals surface area contributed by atoms with Crippen molar-refractivity contribution in [1.82, 2.24) is 9.97 Å². The highest BCUT2D eigenvalue weighted by Crippen LogP contribution is 2.29. The fraction of sp³-hybridized carbons (Fsp3) is 0.348. The SMILES string of the molecule is CCOC(=O)c1c(C)oc2nc(COC(=O)CCC(=O)c3ccc(C)c(C)c3)nc(N)c12. The van der Waals surface area contributed by atoms with E-state index in [-0.39, 0.29) is 60.1 Å². The van der Waals surface area contributed by atoms with Crippen LogP contribution in [0.25, 0.3) is 11.1 Å². The molecule has 2 aromatic heterocycles. The summed E-state index contributed by atoms with van der Waals surface area (Å²) in [6, 6.07) is 5.44. The maximum atomic E-state index is 12.3. The molecule has 0 aliphatic heterocycles. The summed E-state index contributed by atoms with van der Waals surface area (Å²) in [5, 5.41) is 0.259. The number of Topliss-reactive ketones (excluding diaryl/α,β-unsaturated/α-hetero) is 1. The topological polar surface area (TPSA) is 135 Å². The van der Waals surface area contributed by atoms with Crippen LogP contribution in [-0.2, 0) is 20.9 Å². The lowest BCUT2D eigenvalue weighted by atomic mass is 10.0. The van der Waals surface area contributed by atoms with Crippen molar-refractivity contribution in [3.05, 3.63) is 52.0 Å². The maximum absolute atomic E-state index is 12.3. The van der Waals surface area contributed by atoms with Gasteiger partial charge in [0, 0.05) is 12.0 Å². The van der Waals surface area contributed by atoms with E-state index in [9.17, 15) is 14.4 Å². The van der Waals surface area contributed by atoms with Gasteiger partial charge in [0.15, 0.2) is 18.2 Å². The van der Waals surface area contributed by atoms with Crippen LogP contribution in [0.15, 0.2) is 22.6 Å². The van der Waals surface area contributed by atoms with Gasteiger partial charge >= 0.3 is 11.9 Å². The molecule has 2 N–H and O–H groups in total. The Balaban J connectivity index is 1.63. The first-order chi connectivity index (χ1) is 15.2. The number of hydrogen-bond acceptors (Lipinski definition) is 9. The summed E-state index contributed by atoms with van der Waals surface area (Å²) in [7, 11) is 0. The number of ether oxygens (including phenoxy) is 2. The van der Waals surface area contributed by atoms with Crippen molar-refractivity contribution < 1.29 is 28.3 Å². The first-order valence-corrected chi connectivity index (χ1v) is 10.2. The molecule has 0 saturated heterocycles. The summed E-state index contributed by atoms with van der Waals surface area (Å²) in [6.45, 7) is 7.14. The molecule has 0 aliphatic rings. The van der Waals surface area contributed by atoms with E-state index in [1.54, 1.807) is 19.9 Å². The Hall–Kier alpha value is -3.75. The van der Waals surface area contributed by atoms with Crippen LogP contribution >= 0.6 is 0 Å². The third-order valence-corrected chi connectivity index (χ3v) is 5.03. The molecule has 0 radical (unpaired) electrons. The third-order valence-electron chi connectivity index (χ3n) is 5.03. The van der Waals surface area contributed by atoms with Crippen molar-refractivity contribution in [2.45, 2.75) is 47.1 Å². The van der Waals surface area contributed by atoms with E-state index in [1.165, 1.54) is 0 Å². The number of aryl methyl sites for hydroxylation is 3. The summed E-state index contributed by atoms with van der Waals surface area (Å²) >= 11 is 0. The summed E-state index contributed by atoms with van der Waals surface area (Å²) in [5.74, 6) is -0.833. The number of fused-ring (bicyclic) bond motifs is 1. The molecule has 2 heterocycles. The molecule has 0 spiro atoms. The Labute approximate surface area is 184 Å². The molecule has 9 heteroatoms. The highest BCUT2D eigenvalue weighted by molar-refractivity contribution is 6.07. The van der Waals surface area contributed by atoms with Gasteiger partial charge in [0.2, 0.25) is 5.71 Å². The van der Waals surface area contributed by atoms with Gasteiger partial charge in [-0.1, -0.05) is 12.1 Å². The number of furan rings is 1. The number of carbonyl (C=O) groups excluding carboxylic acids is 3. The minimum atomic E-state index is -0.577. The lowest BCUT2D eigenvalue weighted by Crippen LogP contribution is -2.11. The quantitative estimate of drug-likeness (QED) is 0.412. The third kappa shape index (κ3) is 4.93. The standard InChI is InChI=1S/C23H25N3O6/c1-5-30-23(29)19-14(4)32-22-20(19)21(24)25-17(26-22)11-31-18(28)9-8-16(27)15-7-6-12(2)13(3)10-15/h6-7,10H,5,8-9,11H2,1-4H3,(H2,24,25,26). The van der Waals surface area contributed by atoms with Gasteiger partial charge in [0.05, 0.1) is 18.4 Å². The lowest BCUT2D eigenvalue weighted by molar-refractivity contribution is -0.145. The number of carbonyl (C=O) groups is 3. The molecule has 0 saturated carbocycles. The van der Waals surface area contributed by atoms with Crippen LogP contribution < -0.4 is 5.73 Å². The molecule has 9 nitrogen and oxygen atoms in total. The molecule has 168 valence electrons. The minimum absolute atomic E-state index is 0.0193. The van der Waals surface area contributed by atoms with Crippen LogP contribution in [0, 0.1) is 20.8 Å². The van der Waals surface area contributed by atoms with E-state index in [0.717, 1.165) is 11.1 Å². The first kappa shape index (κ1) is 22.9. The molecule has 32 heavy (non-hydrogen) atoms. The van der Waals surface area contributed by atoms with E-state index in [4.69, 9.17) is 19.6 Å². The molecular formula is C23H25N3O6. The number of nitrogens with two attached hydrogens (primary N) is 1. The number of benzene rings is 1. The van der Waals surface area contributed by atoms with Crippen LogP contribution in [-0.4, -0.2) is 34.3 Å². The van der Waals surface area contributed by atoms with Gasteiger partial charge in [-0.15, -0.1) is 0 Å². The average Bonchev–Trinajstić information content (AvgIpc) is 3.09. The predicted octanol–water partition coefficient (Wildman–Crippen LogP) is 3.61. The molecule has 0 fully saturated rings. The Morgan fingerprint density at radius 1 is 1.03 bits per heavy atom. The van der Waals surface area contributed by atoms with Crippen LogP contribution in [0.3, 0.4) is 0 Å². The molecule has 0 aliphatic carbocycles. The predicted molar refractivity (Wildman–Crippen MR) is 116 cm³/mol. The molecule has 3 aromatic rings. The molecule has 0 atom stereocenters. The highest BCUT2D eigenvalue weighted by atomic mass is 16.5. The van der Waals surface area contributed by atoms with Crippen LogP contribution in [0.4, 0.5) is 5.82 Å². The Morgan fingerprint density at radius 2 is 1.78 bits per heavy atom. The van der Waals surface area contributed by atoms with Crippen molar-refractivity contribution in [3.63, 3.8) is 0 Å². The average molecular weight is 439 g/mol. The summed E-state index contributed by atoms with van der Waals surface area (Å²) in [6.07, 6.45) is -0.0417. The van der Waals surface area contributed by atoms with Gasteiger partial charge in [-0.3, -0.25) is 9.59 Å². The smallest absolute Gasteiger partial charge is 0.342 e. The van der Waals surface area contributed by atoms with Crippen molar-refractivity contribution in [2.24, 2.45) is 0 Å². The number of aromatic nitrogens is 2. The van der Waals surface area contributed by atoms with Crippen molar-refractivity contribution >= 4 is 34.6 Å². The van der Waals surface area contributed by atoms with Crippen molar-refractivity contribution in [1.29, 1.82) is 0 Å². The van der Waals surface area contributed by atoms with Gasteiger partial charge in [-0.25, -0.2) is 9.78 Å². The van der Waals surface area contributed by atoms with Crippen LogP contribution in [0.2, 0.25) is 0 Å². The number of hydrogen-bond donors (Lipinski definition) is 1. The Kier molecular flexibility index (Phi) is 6.87. The summed E-state index contributed by atoms with van der Waals surface area (Å²) in [4.78, 5) is 44.9. The van der Waals surface area contributed by atoms with Gasteiger partial charge in [-0.2, -0.15) is 4.98 Å². The Morgan fingerprint density at radius 3 is 2.47 bits per heavy atom. The van der Waals surface area contributed by atoms with E-state index in [2.05, 4.69) is 9.97 Å². The van der Waals surface area contributed by atoms with Crippen LogP contribution in [0.1, 0.15) is 63.2 Å². The second-order valence-electron chi connectivity index (χ2n) is 7.34. The Bertz CT molecular complexity index is 1200. The number of nitrogens with zero attached hydrogens (tertiary/aromatic N) is 2. The largest absolute Gasteiger partial charge is 0.462 e. The zero-order valence-electron chi connectivity index (χ0n) is 18.5. The zero-order chi connectivity index (χ0) is 23.4. The minimum Gasteiger partial charge on any atom is -0.462 e. The molecule has 0 bridgehead atoms. The van der Waals surface area contributed by atoms with Crippen molar-refractivity contribution in [2.75, 3.05) is 12.3 Å². The normalized spacial score (nSPS) is 10.9. The van der Waals surface area contributed by atoms with Gasteiger partial charge in [0.1, 0.15) is 17.1 Å². The van der Waals surface area contributed by atoms with Gasteiger partial charge < -0.3 is 19.6 Å². The lowest BCUT2D eigenvalue weighted by Gasteiger charge is -2.06. The number of anilines is 1. The molecular weight excluding hydrogens is 414 g/mol. The number of esters is 2. The maximum Gasteiger partial charge on any atom is 0.342 e. The summed E-state index contributed by atoms with van der Waals surface area (Å²) < 4.78 is 15.7. The second kappa shape index (κ2) is 9.59. The molecule has 1 aromatic carbocycles. The highest BCUT2D eigenvalue weighted by Gasteiger charge is 2.24. The van der Waals surface area contributed by atoms with Crippen molar-refractivity contribution in [3.8, 4) is 0 Å². The van der Waals surface area contributed by atoms with Gasteiger partial charge in [0.25, 0.3) is 0 Å². The molecule has 3 rings (SSSR count). The molecule has 0 unspecified atom stereocenters. The number of ketones is 1. The van der Waals surface area contributed by atoms with Gasteiger partial charge in [-0.05, 0) is 44.9 Å². The molecule has 0 amide bonds. The first-order valence-electron chi connectivity index (χ1n) is 10.2. The second-order valence-corrected chi connectivity index (χ2v) is 7.34. The van der Waals surface area contributed by atoms with E-state index >= 15 is 0 Å². The zero-order valence-corrected chi connectivity index (χ0v) is 18.5. The number of rotatable bonds is 8. The number of nitrogen functional groups attached to an aromatic ring is 1. The van der Waals surface area contributed by atoms with Crippen LogP contribution in [0.5, 0.6) is 0 Å². The fourth-order valence-corrected chi connectivity index (χ4v) is 3.19. The fourth-order valence-electron chi connectivity index (χ4n) is 3.19. The monoisotopic (exact) mass is 439 g/mol. The van der Waals surface area contributed by atoms with E-state index in [1.807, 2.05) is 26.0 Å².